The molecule has 3 fully saturated rings. The molecule has 3 aliphatic heterocycles. The molecule has 0 aromatic heterocycles. The van der Waals surface area contributed by atoms with Crippen molar-refractivity contribution in [2.24, 2.45) is 0 Å². The van der Waals surface area contributed by atoms with Crippen molar-refractivity contribution in [2.45, 2.75) is 18.5 Å². The minimum absolute atomic E-state index is 0. The van der Waals surface area contributed by atoms with Crippen LogP contribution in [0.25, 0.3) is 0 Å². The van der Waals surface area contributed by atoms with E-state index in [4.69, 9.17) is 4.74 Å². The molecule has 0 saturated carbocycles. The van der Waals surface area contributed by atoms with Crippen LogP contribution in [0.5, 0.6) is 0 Å². The molecule has 0 radical (unpaired) electrons. The average Bonchev–Trinajstić information content (AvgIpc) is 3.16. The van der Waals surface area contributed by atoms with Crippen LogP contribution in [-0.2, 0) is 14.3 Å². The number of hydrogen-bond acceptors (Lipinski definition) is 6. The lowest BCUT2D eigenvalue weighted by atomic mass is 10.2. The lowest BCUT2D eigenvalue weighted by Gasteiger charge is -2.28. The Balaban J connectivity index is 0.00000144. The van der Waals surface area contributed by atoms with Crippen LogP contribution in [0.1, 0.15) is 6.42 Å². The van der Waals surface area contributed by atoms with Crippen LogP contribution < -0.4 is 10.6 Å². The summed E-state index contributed by atoms with van der Waals surface area (Å²) in [4.78, 5) is 28.3. The van der Waals surface area contributed by atoms with Crippen LogP contribution in [0.4, 0.5) is 0 Å². The summed E-state index contributed by atoms with van der Waals surface area (Å²) in [6.45, 7) is 5.69. The first-order chi connectivity index (χ1) is 10.7. The Kier molecular flexibility index (Phi) is 9.69. The summed E-state index contributed by atoms with van der Waals surface area (Å²) in [6, 6.07) is -0.153. The highest BCUT2D eigenvalue weighted by atomic mass is 35.5. The molecule has 10 heteroatoms. The van der Waals surface area contributed by atoms with Gasteiger partial charge in [-0.3, -0.25) is 19.8 Å². The van der Waals surface area contributed by atoms with Crippen molar-refractivity contribution >= 4 is 48.4 Å². The lowest BCUT2D eigenvalue weighted by Crippen LogP contribution is -2.47. The second-order valence-corrected chi connectivity index (χ2v) is 7.01. The predicted molar refractivity (Wildman–Crippen MR) is 99.1 cm³/mol. The monoisotopic (exact) mass is 400 g/mol. The van der Waals surface area contributed by atoms with Crippen LogP contribution in [-0.4, -0.2) is 91.3 Å². The van der Waals surface area contributed by atoms with Crippen molar-refractivity contribution in [3.8, 4) is 0 Å². The summed E-state index contributed by atoms with van der Waals surface area (Å²) in [5.41, 5.74) is 0. The highest BCUT2D eigenvalue weighted by molar-refractivity contribution is 7.99. The first-order valence-corrected chi connectivity index (χ1v) is 9.07. The van der Waals surface area contributed by atoms with Gasteiger partial charge >= 0.3 is 0 Å². The van der Waals surface area contributed by atoms with Crippen LogP contribution in [0.15, 0.2) is 0 Å². The van der Waals surface area contributed by atoms with Gasteiger partial charge in [-0.15, -0.1) is 36.6 Å². The van der Waals surface area contributed by atoms with Crippen molar-refractivity contribution in [3.63, 3.8) is 0 Å². The van der Waals surface area contributed by atoms with E-state index in [9.17, 15) is 9.59 Å². The van der Waals surface area contributed by atoms with Crippen LogP contribution in [0, 0.1) is 0 Å². The molecule has 3 rings (SSSR count). The molecular weight excluding hydrogens is 375 g/mol. The summed E-state index contributed by atoms with van der Waals surface area (Å²) < 4.78 is 5.32. The molecule has 0 bridgehead atoms. The van der Waals surface area contributed by atoms with Crippen molar-refractivity contribution in [2.75, 3.05) is 57.6 Å². The van der Waals surface area contributed by atoms with E-state index in [-0.39, 0.29) is 48.7 Å². The summed E-state index contributed by atoms with van der Waals surface area (Å²) in [5.74, 6) is 1.81. The number of carbonyl (C=O) groups is 2. The van der Waals surface area contributed by atoms with E-state index in [0.717, 1.165) is 51.0 Å². The number of nitrogens with zero attached hydrogens (tertiary/aromatic N) is 2. The lowest BCUT2D eigenvalue weighted by molar-refractivity contribution is -0.128. The van der Waals surface area contributed by atoms with Gasteiger partial charge in [-0.2, -0.15) is 0 Å². The average molecular weight is 401 g/mol. The molecule has 140 valence electrons. The van der Waals surface area contributed by atoms with E-state index < -0.39 is 0 Å². The number of thioether (sulfide) groups is 1. The minimum Gasteiger partial charge on any atom is -0.379 e. The Morgan fingerprint density at radius 1 is 1.29 bits per heavy atom. The van der Waals surface area contributed by atoms with E-state index in [0.29, 0.717) is 13.0 Å². The molecule has 2 amide bonds. The molecule has 3 saturated heterocycles. The van der Waals surface area contributed by atoms with Gasteiger partial charge in [0.25, 0.3) is 0 Å². The summed E-state index contributed by atoms with van der Waals surface area (Å²) in [7, 11) is 0. The Morgan fingerprint density at radius 2 is 2.04 bits per heavy atom. The highest BCUT2D eigenvalue weighted by Gasteiger charge is 2.32. The number of nitrogens with one attached hydrogen (secondary N) is 2. The number of ether oxygens (including phenoxy) is 1. The first-order valence-electron chi connectivity index (χ1n) is 7.92. The van der Waals surface area contributed by atoms with E-state index in [2.05, 4.69) is 15.5 Å². The van der Waals surface area contributed by atoms with Crippen molar-refractivity contribution in [3.05, 3.63) is 0 Å². The SMILES string of the molecule is Cl.Cl.O=C(NC1CC(=O)N(CCN2CCOCC2)C1)C1CSCN1. The predicted octanol–water partition coefficient (Wildman–Crippen LogP) is -0.458. The maximum Gasteiger partial charge on any atom is 0.238 e. The van der Waals surface area contributed by atoms with Crippen LogP contribution in [0.3, 0.4) is 0 Å². The van der Waals surface area contributed by atoms with Crippen molar-refractivity contribution < 1.29 is 14.3 Å². The maximum atomic E-state index is 12.1. The number of halogens is 2. The van der Waals surface area contributed by atoms with Gasteiger partial charge in [-0.25, -0.2) is 0 Å². The third-order valence-electron chi connectivity index (χ3n) is 4.38. The zero-order chi connectivity index (χ0) is 15.4. The Bertz CT molecular complexity index is 421. The summed E-state index contributed by atoms with van der Waals surface area (Å²) >= 11 is 1.73. The molecule has 2 N–H and O–H groups in total. The number of likely N-dealkylation sites (tertiary alicyclic amines) is 1. The van der Waals surface area contributed by atoms with Gasteiger partial charge in [0.05, 0.1) is 25.3 Å². The maximum absolute atomic E-state index is 12.1. The number of rotatable bonds is 5. The Morgan fingerprint density at radius 3 is 2.71 bits per heavy atom. The molecule has 0 aliphatic carbocycles. The molecule has 2 unspecified atom stereocenters. The highest BCUT2D eigenvalue weighted by Crippen LogP contribution is 2.14. The number of hydrogen-bond donors (Lipinski definition) is 2. The van der Waals surface area contributed by atoms with Gasteiger partial charge in [0.15, 0.2) is 0 Å². The van der Waals surface area contributed by atoms with Crippen molar-refractivity contribution in [1.82, 2.24) is 20.4 Å². The molecule has 3 aliphatic rings. The molecule has 3 heterocycles. The summed E-state index contributed by atoms with van der Waals surface area (Å²) in [6.07, 6.45) is 0.425. The van der Waals surface area contributed by atoms with Crippen molar-refractivity contribution in [1.29, 1.82) is 0 Å². The minimum atomic E-state index is -0.109. The molecule has 0 spiro atoms. The number of amides is 2. The van der Waals surface area contributed by atoms with Crippen LogP contribution in [0.2, 0.25) is 0 Å². The zero-order valence-corrected chi connectivity index (χ0v) is 16.0. The second kappa shape index (κ2) is 10.7. The van der Waals surface area contributed by atoms with E-state index in [1.165, 1.54) is 0 Å². The second-order valence-electron chi connectivity index (χ2n) is 5.98. The first kappa shape index (κ1) is 21.8. The van der Waals surface area contributed by atoms with Gasteiger partial charge < -0.3 is 15.0 Å². The van der Waals surface area contributed by atoms with E-state index >= 15 is 0 Å². The molecule has 7 nitrogen and oxygen atoms in total. The third kappa shape index (κ3) is 5.93. The van der Waals surface area contributed by atoms with Gasteiger partial charge in [-0.05, 0) is 0 Å². The molecular formula is C14H26Cl2N4O3S. The standard InChI is InChI=1S/C14H24N4O3S.2ClH/c19-13-7-11(16-14(20)12-9-22-10-15-12)8-18(13)2-1-17-3-5-21-6-4-17;;/h11-12,15H,1-10H2,(H,16,20);2*1H. The topological polar surface area (TPSA) is 73.9 Å². The van der Waals surface area contributed by atoms with Gasteiger partial charge in [0, 0.05) is 50.8 Å². The normalized spacial score (nSPS) is 27.5. The number of carbonyl (C=O) groups excluding carboxylic acids is 2. The smallest absolute Gasteiger partial charge is 0.238 e. The molecule has 0 aromatic rings. The fourth-order valence-corrected chi connectivity index (χ4v) is 3.98. The zero-order valence-electron chi connectivity index (χ0n) is 13.6. The summed E-state index contributed by atoms with van der Waals surface area (Å²) in [5, 5.41) is 6.16. The van der Waals surface area contributed by atoms with E-state index in [1.54, 1.807) is 11.8 Å². The largest absolute Gasteiger partial charge is 0.379 e. The molecule has 24 heavy (non-hydrogen) atoms. The van der Waals surface area contributed by atoms with Crippen LogP contribution >= 0.6 is 36.6 Å². The quantitative estimate of drug-likeness (QED) is 0.650. The van der Waals surface area contributed by atoms with Gasteiger partial charge in [0.1, 0.15) is 0 Å². The molecule has 0 aromatic carbocycles. The van der Waals surface area contributed by atoms with E-state index in [1.807, 2.05) is 4.90 Å². The Labute approximate surface area is 159 Å². The van der Waals surface area contributed by atoms with Gasteiger partial charge in [0.2, 0.25) is 11.8 Å². The fourth-order valence-electron chi connectivity index (χ4n) is 3.04. The number of morpholine rings is 1. The fraction of sp³-hybridized carbons (Fsp3) is 0.857. The van der Waals surface area contributed by atoms with Gasteiger partial charge in [-0.1, -0.05) is 0 Å². The molecule has 2 atom stereocenters. The Hall–Kier alpha value is -0.250. The third-order valence-corrected chi connectivity index (χ3v) is 5.32.